The van der Waals surface area contributed by atoms with Gasteiger partial charge in [0.2, 0.25) is 15.7 Å². The van der Waals surface area contributed by atoms with Gasteiger partial charge in [0.1, 0.15) is 0 Å². The molecule has 0 aliphatic carbocycles. The molecule has 0 radical (unpaired) electrons. The third kappa shape index (κ3) is 2.34. The molecule has 3 aromatic rings. The Morgan fingerprint density at radius 1 is 1.00 bits per heavy atom. The van der Waals surface area contributed by atoms with Gasteiger partial charge in [-0.25, -0.2) is 8.42 Å². The molecule has 2 heterocycles. The molecular weight excluding hydrogens is 327 g/mol. The summed E-state index contributed by atoms with van der Waals surface area (Å²) in [6.07, 6.45) is 0. The number of hydrogen-bond donors (Lipinski definition) is 1. The van der Waals surface area contributed by atoms with E-state index in [4.69, 9.17) is 0 Å². The minimum absolute atomic E-state index is 0. The first-order valence-corrected chi connectivity index (χ1v) is 7.84. The fourth-order valence-corrected chi connectivity index (χ4v) is 4.18. The number of fused-ring (bicyclic) bond motifs is 2. The van der Waals surface area contributed by atoms with Crippen molar-refractivity contribution in [1.82, 2.24) is 20.6 Å². The van der Waals surface area contributed by atoms with Crippen LogP contribution < -0.4 is 29.6 Å². The molecule has 0 unspecified atom stereocenters. The van der Waals surface area contributed by atoms with Crippen LogP contribution in [0.5, 0.6) is 0 Å². The van der Waals surface area contributed by atoms with E-state index in [1.807, 2.05) is 0 Å². The zero-order valence-electron chi connectivity index (χ0n) is 13.0. The van der Waals surface area contributed by atoms with Crippen LogP contribution in [0.15, 0.2) is 52.3 Å². The number of rotatable bonds is 1. The summed E-state index contributed by atoms with van der Waals surface area (Å²) in [5, 5.41) is 13.4. The Hall–Kier alpha value is -1.87. The summed E-state index contributed by atoms with van der Waals surface area (Å²) in [6, 6.07) is 10.7. The molecule has 4 rings (SSSR count). The number of H-pyrrole nitrogens is 1. The summed E-state index contributed by atoms with van der Waals surface area (Å²) < 4.78 is 25.5. The monoisotopic (exact) mass is 336 g/mol. The van der Waals surface area contributed by atoms with Crippen molar-refractivity contribution < 1.29 is 44.2 Å². The third-order valence-corrected chi connectivity index (χ3v) is 5.39. The maximum atomic E-state index is 12.7. The van der Waals surface area contributed by atoms with Gasteiger partial charge in [-0.15, -0.1) is 10.2 Å². The Kier molecular flexibility index (Phi) is 3.93. The van der Waals surface area contributed by atoms with Gasteiger partial charge in [-0.2, -0.15) is 5.21 Å². The summed E-state index contributed by atoms with van der Waals surface area (Å²) >= 11 is 0. The molecule has 1 aliphatic heterocycles. The van der Waals surface area contributed by atoms with Crippen LogP contribution in [0.4, 0.5) is 0 Å². The van der Waals surface area contributed by atoms with E-state index >= 15 is 0 Å². The summed E-state index contributed by atoms with van der Waals surface area (Å²) in [5.41, 5.74) is 0.830. The Bertz CT molecular complexity index is 1020. The summed E-state index contributed by atoms with van der Waals surface area (Å²) in [7, 11) is -3.75. The maximum absolute atomic E-state index is 12.7. The van der Waals surface area contributed by atoms with E-state index in [2.05, 4.69) is 20.6 Å². The standard InChI is InChI=1S/C14H8N4O3S.Na.H/c19-13-9-3-1-2-4-11(9)22(20,21)12-7-8(5-6-10(12)13)14-15-17-18-16-14;;/h1-7H,(H,15,16,17,18);;/q;+1;-1. The van der Waals surface area contributed by atoms with Gasteiger partial charge in [0.15, 0.2) is 5.78 Å². The first kappa shape index (κ1) is 16.0. The molecule has 1 aromatic heterocycles. The predicted octanol–water partition coefficient (Wildman–Crippen LogP) is -1.64. The van der Waals surface area contributed by atoms with Crippen LogP contribution in [0.25, 0.3) is 11.4 Å². The zero-order valence-corrected chi connectivity index (χ0v) is 14.8. The SMILES string of the molecule is O=C1c2ccccc2S(=O)(=O)c2cc(-c3nn[nH]n3)ccc21.[H-].[Na+]. The van der Waals surface area contributed by atoms with Crippen molar-refractivity contribution in [2.24, 2.45) is 0 Å². The van der Waals surface area contributed by atoms with Crippen LogP contribution in [-0.4, -0.2) is 34.8 Å². The fourth-order valence-electron chi connectivity index (χ4n) is 2.51. The average molecular weight is 336 g/mol. The second kappa shape index (κ2) is 5.64. The average Bonchev–Trinajstić information content (AvgIpc) is 3.07. The Morgan fingerprint density at radius 2 is 1.74 bits per heavy atom. The van der Waals surface area contributed by atoms with Gasteiger partial charge in [-0.3, -0.25) is 4.79 Å². The van der Waals surface area contributed by atoms with Gasteiger partial charge in [-0.1, -0.05) is 18.2 Å². The van der Waals surface area contributed by atoms with Gasteiger partial charge in [0.25, 0.3) is 0 Å². The van der Waals surface area contributed by atoms with Crippen molar-refractivity contribution in [3.05, 3.63) is 53.6 Å². The Morgan fingerprint density at radius 3 is 2.48 bits per heavy atom. The number of nitrogens with one attached hydrogen (secondary N) is 1. The zero-order chi connectivity index (χ0) is 15.3. The number of carbonyl (C=O) groups is 1. The molecule has 7 nitrogen and oxygen atoms in total. The molecule has 0 atom stereocenters. The second-order valence-electron chi connectivity index (χ2n) is 4.78. The molecular formula is C14H9N4NaO3S. The molecule has 0 fully saturated rings. The number of nitrogens with zero attached hydrogens (tertiary/aromatic N) is 3. The largest absolute Gasteiger partial charge is 1.00 e. The Labute approximate surface area is 154 Å². The van der Waals surface area contributed by atoms with Gasteiger partial charge < -0.3 is 1.43 Å². The number of tetrazole rings is 1. The number of ketones is 1. The Balaban J connectivity index is 0.00000104. The summed E-state index contributed by atoms with van der Waals surface area (Å²) in [6.45, 7) is 0. The molecule has 1 N–H and O–H groups in total. The van der Waals surface area contributed by atoms with E-state index in [1.165, 1.54) is 24.3 Å². The molecule has 9 heteroatoms. The first-order valence-electron chi connectivity index (χ1n) is 6.36. The molecule has 2 aromatic carbocycles. The quantitative estimate of drug-likeness (QED) is 0.418. The minimum atomic E-state index is -3.75. The van der Waals surface area contributed by atoms with Crippen LogP contribution in [-0.2, 0) is 9.84 Å². The van der Waals surface area contributed by atoms with Gasteiger partial charge in [0.05, 0.1) is 9.79 Å². The molecule has 0 bridgehead atoms. The predicted molar refractivity (Wildman–Crippen MR) is 76.1 cm³/mol. The number of sulfone groups is 1. The van der Waals surface area contributed by atoms with Gasteiger partial charge in [0, 0.05) is 16.7 Å². The third-order valence-electron chi connectivity index (χ3n) is 3.54. The van der Waals surface area contributed by atoms with Crippen molar-refractivity contribution >= 4 is 15.6 Å². The molecule has 110 valence electrons. The first-order chi connectivity index (χ1) is 10.6. The summed E-state index contributed by atoms with van der Waals surface area (Å²) in [5.74, 6) is -0.0376. The van der Waals surface area contributed by atoms with Crippen LogP contribution in [0, 0.1) is 0 Å². The smallest absolute Gasteiger partial charge is 1.00 e. The van der Waals surface area contributed by atoms with E-state index in [-0.39, 0.29) is 63.5 Å². The topological polar surface area (TPSA) is 106 Å². The number of aromatic amines is 1. The van der Waals surface area contributed by atoms with E-state index in [0.29, 0.717) is 5.56 Å². The maximum Gasteiger partial charge on any atom is 1.00 e. The van der Waals surface area contributed by atoms with Crippen molar-refractivity contribution in [1.29, 1.82) is 0 Å². The summed E-state index contributed by atoms with van der Waals surface area (Å²) in [4.78, 5) is 12.5. The van der Waals surface area contributed by atoms with E-state index in [9.17, 15) is 13.2 Å². The van der Waals surface area contributed by atoms with Crippen molar-refractivity contribution in [3.63, 3.8) is 0 Å². The van der Waals surface area contributed by atoms with E-state index < -0.39 is 9.84 Å². The second-order valence-corrected chi connectivity index (χ2v) is 6.66. The number of carbonyl (C=O) groups excluding carboxylic acids is 1. The fraction of sp³-hybridized carbons (Fsp3) is 0. The van der Waals surface area contributed by atoms with Crippen molar-refractivity contribution in [3.8, 4) is 11.4 Å². The van der Waals surface area contributed by atoms with Crippen molar-refractivity contribution in [2.75, 3.05) is 0 Å². The van der Waals surface area contributed by atoms with Crippen LogP contribution >= 0.6 is 0 Å². The normalized spacial score (nSPS) is 14.5. The van der Waals surface area contributed by atoms with E-state index in [1.54, 1.807) is 18.2 Å². The molecule has 0 spiro atoms. The van der Waals surface area contributed by atoms with Crippen LogP contribution in [0.3, 0.4) is 0 Å². The molecule has 0 saturated carbocycles. The van der Waals surface area contributed by atoms with Crippen molar-refractivity contribution in [2.45, 2.75) is 9.79 Å². The minimum Gasteiger partial charge on any atom is -1.00 e. The molecule has 0 saturated heterocycles. The van der Waals surface area contributed by atoms with Gasteiger partial charge in [-0.05, 0) is 29.5 Å². The van der Waals surface area contributed by atoms with E-state index in [0.717, 1.165) is 0 Å². The molecule has 23 heavy (non-hydrogen) atoms. The molecule has 0 amide bonds. The van der Waals surface area contributed by atoms with Crippen LogP contribution in [0.2, 0.25) is 0 Å². The molecule has 1 aliphatic rings. The van der Waals surface area contributed by atoms with Gasteiger partial charge >= 0.3 is 29.6 Å². The number of aromatic nitrogens is 4. The number of hydrogen-bond acceptors (Lipinski definition) is 6. The number of benzene rings is 2. The van der Waals surface area contributed by atoms with Crippen LogP contribution in [0.1, 0.15) is 17.3 Å².